The second-order valence-corrected chi connectivity index (χ2v) is 11.8. The molecular weight excluding hydrogens is 508 g/mol. The summed E-state index contributed by atoms with van der Waals surface area (Å²) in [6.45, 7) is 3.68. The molecule has 3 heterocycles. The molecule has 2 N–H and O–H groups in total. The van der Waals surface area contributed by atoms with Crippen molar-refractivity contribution in [3.8, 4) is 5.75 Å². The highest BCUT2D eigenvalue weighted by Crippen LogP contribution is 2.41. The molecule has 3 atom stereocenters. The number of carbonyl (C=O) groups excluding carboxylic acids is 1. The lowest BCUT2D eigenvalue weighted by Gasteiger charge is -2.29. The molecule has 0 aliphatic carbocycles. The Hall–Kier alpha value is -3.02. The molecule has 2 aliphatic rings. The van der Waals surface area contributed by atoms with Crippen molar-refractivity contribution in [3.63, 3.8) is 0 Å². The number of rotatable bonds is 12. The number of hydrogen-bond acceptors (Lipinski definition) is 7. The number of nitrogens with zero attached hydrogens (tertiary/aromatic N) is 3. The van der Waals surface area contributed by atoms with Crippen LogP contribution in [0.5, 0.6) is 5.75 Å². The summed E-state index contributed by atoms with van der Waals surface area (Å²) >= 11 is 0. The summed E-state index contributed by atoms with van der Waals surface area (Å²) in [5.41, 5.74) is 2.65. The number of sulfonamides is 1. The molecule has 2 aliphatic heterocycles. The van der Waals surface area contributed by atoms with Gasteiger partial charge >= 0.3 is 5.97 Å². The van der Waals surface area contributed by atoms with Gasteiger partial charge in [0.1, 0.15) is 5.75 Å². The standard InChI is InChI=1S/C27H36N4O6S/c1-3-4-13-31(21-6-5-11-28-16-21)25(32)18-30-17-22(19-7-8-24-20(15-19)10-14-37-24)26(27(33)34)23(30)9-12-29-38(2,35)36/h5-8,11,15-16,22-23,26,29H,3-4,9-10,12-14,17-18H2,1-2H3,(H,33,34)/t22-,23+,26?/m1/s1. The highest BCUT2D eigenvalue weighted by atomic mass is 32.2. The van der Waals surface area contributed by atoms with Crippen LogP contribution in [0, 0.1) is 5.92 Å². The molecule has 11 heteroatoms. The van der Waals surface area contributed by atoms with Crippen LogP contribution in [-0.2, 0) is 26.0 Å². The van der Waals surface area contributed by atoms with Crippen LogP contribution in [0.15, 0.2) is 42.7 Å². The number of carbonyl (C=O) groups is 2. The third-order valence-corrected chi connectivity index (χ3v) is 8.04. The zero-order valence-electron chi connectivity index (χ0n) is 21.9. The number of hydrogen-bond donors (Lipinski definition) is 2. The number of anilines is 1. The molecule has 0 saturated carbocycles. The van der Waals surface area contributed by atoms with Crippen molar-refractivity contribution in [2.45, 2.75) is 44.6 Å². The SMILES string of the molecule is CCCCN(C(=O)CN1C[C@H](c2ccc3c(c2)CCO3)C(C(=O)O)[C@@H]1CCNS(C)(=O)=O)c1cccnc1. The van der Waals surface area contributed by atoms with Crippen molar-refractivity contribution < 1.29 is 27.9 Å². The van der Waals surface area contributed by atoms with Gasteiger partial charge in [-0.05, 0) is 42.2 Å². The minimum Gasteiger partial charge on any atom is -0.493 e. The van der Waals surface area contributed by atoms with Crippen LogP contribution in [0.2, 0.25) is 0 Å². The molecular formula is C27H36N4O6S. The fraction of sp³-hybridized carbons (Fsp3) is 0.519. The molecule has 0 radical (unpaired) electrons. The average molecular weight is 545 g/mol. The summed E-state index contributed by atoms with van der Waals surface area (Å²) in [6.07, 6.45) is 7.16. The topological polar surface area (TPSA) is 129 Å². The summed E-state index contributed by atoms with van der Waals surface area (Å²) in [7, 11) is -3.44. The Balaban J connectivity index is 1.62. The number of aromatic nitrogens is 1. The van der Waals surface area contributed by atoms with Gasteiger partial charge in [0.05, 0.1) is 37.2 Å². The van der Waals surface area contributed by atoms with E-state index in [9.17, 15) is 23.1 Å². The molecule has 1 aromatic heterocycles. The smallest absolute Gasteiger partial charge is 0.308 e. The normalized spacial score (nSPS) is 21.2. The van der Waals surface area contributed by atoms with Gasteiger partial charge in [0, 0.05) is 44.2 Å². The monoisotopic (exact) mass is 544 g/mol. The first-order chi connectivity index (χ1) is 18.2. The molecule has 38 heavy (non-hydrogen) atoms. The number of nitrogens with one attached hydrogen (secondary N) is 1. The first kappa shape index (κ1) is 28.0. The van der Waals surface area contributed by atoms with Gasteiger partial charge in [-0.25, -0.2) is 13.1 Å². The Morgan fingerprint density at radius 1 is 1.29 bits per heavy atom. The summed E-state index contributed by atoms with van der Waals surface area (Å²) < 4.78 is 31.5. The predicted octanol–water partition coefficient (Wildman–Crippen LogP) is 2.26. The van der Waals surface area contributed by atoms with Gasteiger partial charge in [0.2, 0.25) is 15.9 Å². The highest BCUT2D eigenvalue weighted by Gasteiger charge is 2.47. The molecule has 10 nitrogen and oxygen atoms in total. The van der Waals surface area contributed by atoms with Crippen molar-refractivity contribution in [1.29, 1.82) is 0 Å². The van der Waals surface area contributed by atoms with Crippen LogP contribution < -0.4 is 14.4 Å². The van der Waals surface area contributed by atoms with Gasteiger partial charge in [0.25, 0.3) is 0 Å². The van der Waals surface area contributed by atoms with Crippen LogP contribution in [0.3, 0.4) is 0 Å². The molecule has 1 amide bonds. The Labute approximate surface area is 224 Å². The van der Waals surface area contributed by atoms with Gasteiger partial charge in [-0.3, -0.25) is 19.5 Å². The van der Waals surface area contributed by atoms with E-state index >= 15 is 0 Å². The Bertz CT molecular complexity index is 1240. The van der Waals surface area contributed by atoms with Crippen LogP contribution in [0.1, 0.15) is 43.2 Å². The summed E-state index contributed by atoms with van der Waals surface area (Å²) in [4.78, 5) is 34.0. The number of amides is 1. The molecule has 206 valence electrons. The van der Waals surface area contributed by atoms with E-state index in [1.54, 1.807) is 23.4 Å². The third-order valence-electron chi connectivity index (χ3n) is 7.31. The third kappa shape index (κ3) is 6.69. The van der Waals surface area contributed by atoms with E-state index in [0.717, 1.165) is 42.4 Å². The maximum absolute atomic E-state index is 13.6. The second-order valence-electron chi connectivity index (χ2n) is 10.00. The Morgan fingerprint density at radius 3 is 2.79 bits per heavy atom. The molecule has 1 unspecified atom stereocenters. The minimum absolute atomic E-state index is 0.0243. The zero-order valence-corrected chi connectivity index (χ0v) is 22.7. The van der Waals surface area contributed by atoms with Gasteiger partial charge in [-0.1, -0.05) is 25.5 Å². The quantitative estimate of drug-likeness (QED) is 0.416. The summed E-state index contributed by atoms with van der Waals surface area (Å²) in [5.74, 6) is -1.42. The van der Waals surface area contributed by atoms with Crippen molar-refractivity contribution in [1.82, 2.24) is 14.6 Å². The molecule has 1 fully saturated rings. The number of fused-ring (bicyclic) bond motifs is 1. The van der Waals surface area contributed by atoms with E-state index in [1.165, 1.54) is 0 Å². The maximum atomic E-state index is 13.6. The van der Waals surface area contributed by atoms with Crippen molar-refractivity contribution in [2.75, 3.05) is 43.9 Å². The number of unbranched alkanes of at least 4 members (excludes halogenated alkanes) is 1. The molecule has 4 rings (SSSR count). The summed E-state index contributed by atoms with van der Waals surface area (Å²) in [6, 6.07) is 8.91. The summed E-state index contributed by atoms with van der Waals surface area (Å²) in [5, 5.41) is 10.3. The van der Waals surface area contributed by atoms with Crippen LogP contribution >= 0.6 is 0 Å². The van der Waals surface area contributed by atoms with Crippen molar-refractivity contribution in [3.05, 3.63) is 53.9 Å². The average Bonchev–Trinajstić information content (AvgIpc) is 3.48. The number of carboxylic acids is 1. The molecule has 0 bridgehead atoms. The number of ether oxygens (including phenoxy) is 1. The van der Waals surface area contributed by atoms with Crippen LogP contribution in [0.25, 0.3) is 0 Å². The number of carboxylic acid groups (broad SMARTS) is 1. The first-order valence-corrected chi connectivity index (χ1v) is 14.9. The Morgan fingerprint density at radius 2 is 2.11 bits per heavy atom. The minimum atomic E-state index is -3.44. The molecule has 0 spiro atoms. The van der Waals surface area contributed by atoms with E-state index < -0.39 is 28.0 Å². The zero-order chi connectivity index (χ0) is 27.3. The van der Waals surface area contributed by atoms with Gasteiger partial charge in [0.15, 0.2) is 0 Å². The fourth-order valence-electron chi connectivity index (χ4n) is 5.51. The molecule has 2 aromatic rings. The van der Waals surface area contributed by atoms with Gasteiger partial charge in [-0.2, -0.15) is 0 Å². The molecule has 1 saturated heterocycles. The van der Waals surface area contributed by atoms with Crippen LogP contribution in [0.4, 0.5) is 5.69 Å². The van der Waals surface area contributed by atoms with Crippen molar-refractivity contribution in [2.24, 2.45) is 5.92 Å². The maximum Gasteiger partial charge on any atom is 0.308 e. The van der Waals surface area contributed by atoms with Gasteiger partial charge < -0.3 is 14.7 Å². The van der Waals surface area contributed by atoms with E-state index in [2.05, 4.69) is 16.6 Å². The number of likely N-dealkylation sites (tertiary alicyclic amines) is 1. The number of benzene rings is 1. The van der Waals surface area contributed by atoms with E-state index in [1.807, 2.05) is 29.2 Å². The van der Waals surface area contributed by atoms with E-state index in [4.69, 9.17) is 4.74 Å². The lowest BCUT2D eigenvalue weighted by Crippen LogP contribution is -2.45. The predicted molar refractivity (Wildman–Crippen MR) is 144 cm³/mol. The lowest BCUT2D eigenvalue weighted by atomic mass is 9.83. The molecule has 1 aromatic carbocycles. The first-order valence-electron chi connectivity index (χ1n) is 13.1. The van der Waals surface area contributed by atoms with Gasteiger partial charge in [-0.15, -0.1) is 0 Å². The largest absolute Gasteiger partial charge is 0.493 e. The van der Waals surface area contributed by atoms with Crippen molar-refractivity contribution >= 4 is 27.6 Å². The van der Waals surface area contributed by atoms with E-state index in [-0.39, 0.29) is 31.3 Å². The number of pyridine rings is 1. The Kier molecular flexibility index (Phi) is 9.01. The second kappa shape index (κ2) is 12.2. The van der Waals surface area contributed by atoms with E-state index in [0.29, 0.717) is 25.4 Å². The highest BCUT2D eigenvalue weighted by molar-refractivity contribution is 7.88. The number of aliphatic carboxylic acids is 1. The fourth-order valence-corrected chi connectivity index (χ4v) is 5.99. The lowest BCUT2D eigenvalue weighted by molar-refractivity contribution is -0.143. The van der Waals surface area contributed by atoms with Crippen LogP contribution in [-0.4, -0.2) is 80.4 Å².